The van der Waals surface area contributed by atoms with Crippen LogP contribution in [0.25, 0.3) is 0 Å². The summed E-state index contributed by atoms with van der Waals surface area (Å²) < 4.78 is 54.4. The molecule has 6 heteroatoms. The largest absolute Gasteiger partial charge is 0.299 e. The minimum atomic E-state index is -3.38. The van der Waals surface area contributed by atoms with Crippen LogP contribution in [0.5, 0.6) is 0 Å². The zero-order chi connectivity index (χ0) is 8.36. The van der Waals surface area contributed by atoms with Crippen LogP contribution >= 0.6 is 22.6 Å². The molecule has 0 heterocycles. The topological polar surface area (TPSA) is 0 Å². The molecule has 0 aromatic carbocycles. The maximum Gasteiger partial charge on any atom is 0.299 e. The molecule has 0 spiro atoms. The highest BCUT2D eigenvalue weighted by Gasteiger charge is 2.33. The van der Waals surface area contributed by atoms with Crippen LogP contribution in [-0.4, -0.2) is 16.5 Å². The average Bonchev–Trinajstić information content (AvgIpc) is 1.60. The van der Waals surface area contributed by atoms with Gasteiger partial charge in [-0.1, -0.05) is 0 Å². The lowest BCUT2D eigenvalue weighted by Gasteiger charge is -2.10. The molecule has 0 saturated heterocycles. The van der Waals surface area contributed by atoms with Gasteiger partial charge in [0.2, 0.25) is 0 Å². The first kappa shape index (κ1) is 10.4. The smallest absolute Gasteiger partial charge is 0.241 e. The molecule has 1 unspecified atom stereocenters. The van der Waals surface area contributed by atoms with Crippen molar-refractivity contribution in [2.24, 2.45) is 0 Å². The van der Waals surface area contributed by atoms with Gasteiger partial charge in [-0.05, 0) is 22.6 Å². The van der Waals surface area contributed by atoms with Gasteiger partial charge >= 0.3 is 0 Å². The van der Waals surface area contributed by atoms with Crippen molar-refractivity contribution in [1.82, 2.24) is 0 Å². The van der Waals surface area contributed by atoms with Gasteiger partial charge in [0.25, 0.3) is 10.4 Å². The lowest BCUT2D eigenvalue weighted by atomic mass is 10.3. The van der Waals surface area contributed by atoms with Crippen LogP contribution in [-0.2, 0) is 0 Å². The van der Waals surface area contributed by atoms with Crippen molar-refractivity contribution in [3.63, 3.8) is 0 Å². The highest BCUT2D eigenvalue weighted by atomic mass is 127. The molecule has 0 aromatic heterocycles. The summed E-state index contributed by atoms with van der Waals surface area (Å²) in [6.45, 7) is 0. The standard InChI is InChI=1S/C4H4F5I/c5-2(3(6)7)1-4(8,9)10/h2-3H,1H2. The highest BCUT2D eigenvalue weighted by molar-refractivity contribution is 14.1. The summed E-state index contributed by atoms with van der Waals surface area (Å²) in [6.07, 6.45) is -7.47. The number of hydrogen-bond donors (Lipinski definition) is 0. The molecule has 0 saturated carbocycles. The molecule has 0 N–H and O–H groups in total. The fourth-order valence-corrected chi connectivity index (χ4v) is 0.731. The summed E-state index contributed by atoms with van der Waals surface area (Å²) in [5.41, 5.74) is 0. The minimum Gasteiger partial charge on any atom is -0.241 e. The van der Waals surface area contributed by atoms with E-state index < -0.39 is 22.9 Å². The Bertz CT molecular complexity index is 98.3. The van der Waals surface area contributed by atoms with E-state index in [9.17, 15) is 22.0 Å². The molecule has 62 valence electrons. The van der Waals surface area contributed by atoms with Gasteiger partial charge in [-0.3, -0.25) is 0 Å². The summed E-state index contributed by atoms with van der Waals surface area (Å²) in [4.78, 5) is 0. The number of halogens is 6. The first-order chi connectivity index (χ1) is 4.33. The van der Waals surface area contributed by atoms with Crippen LogP contribution in [0.3, 0.4) is 0 Å². The van der Waals surface area contributed by atoms with Gasteiger partial charge in [-0.2, -0.15) is 8.78 Å². The second-order valence-electron chi connectivity index (χ2n) is 1.67. The SMILES string of the molecule is FC(F)C(F)CC(F)(F)I. The van der Waals surface area contributed by atoms with Crippen molar-refractivity contribution in [1.29, 1.82) is 0 Å². The van der Waals surface area contributed by atoms with E-state index >= 15 is 0 Å². The molecular weight excluding hydrogens is 270 g/mol. The van der Waals surface area contributed by atoms with E-state index in [2.05, 4.69) is 0 Å². The second kappa shape index (κ2) is 3.68. The fraction of sp³-hybridized carbons (Fsp3) is 1.00. The Morgan fingerprint density at radius 3 is 1.70 bits per heavy atom. The molecule has 0 fully saturated rings. The molecule has 10 heavy (non-hydrogen) atoms. The van der Waals surface area contributed by atoms with Crippen LogP contribution in [0.1, 0.15) is 6.42 Å². The third-order valence-electron chi connectivity index (χ3n) is 0.700. The van der Waals surface area contributed by atoms with Crippen LogP contribution < -0.4 is 0 Å². The van der Waals surface area contributed by atoms with Gasteiger partial charge < -0.3 is 0 Å². The first-order valence-electron chi connectivity index (χ1n) is 2.32. The first-order valence-corrected chi connectivity index (χ1v) is 3.40. The lowest BCUT2D eigenvalue weighted by Crippen LogP contribution is -2.20. The summed E-state index contributed by atoms with van der Waals surface area (Å²) in [5.74, 6) is 0. The minimum absolute atomic E-state index is 0.618. The summed E-state index contributed by atoms with van der Waals surface area (Å²) in [7, 11) is 0. The molecular formula is C4H4F5I. The Morgan fingerprint density at radius 2 is 1.60 bits per heavy atom. The van der Waals surface area contributed by atoms with Gasteiger partial charge in [0.05, 0.1) is 6.42 Å². The van der Waals surface area contributed by atoms with Crippen LogP contribution in [0.4, 0.5) is 22.0 Å². The van der Waals surface area contributed by atoms with Crippen LogP contribution in [0, 0.1) is 0 Å². The van der Waals surface area contributed by atoms with E-state index in [0.29, 0.717) is 22.6 Å². The number of hydrogen-bond acceptors (Lipinski definition) is 0. The van der Waals surface area contributed by atoms with E-state index in [4.69, 9.17) is 0 Å². The van der Waals surface area contributed by atoms with Crippen molar-refractivity contribution in [2.75, 3.05) is 0 Å². The summed E-state index contributed by atoms with van der Waals surface area (Å²) in [6, 6.07) is 0. The van der Waals surface area contributed by atoms with Crippen molar-refractivity contribution >= 4 is 22.6 Å². The predicted molar refractivity (Wildman–Crippen MR) is 34.5 cm³/mol. The maximum absolute atomic E-state index is 11.8. The Morgan fingerprint density at radius 1 is 1.20 bits per heavy atom. The molecule has 0 radical (unpaired) electrons. The zero-order valence-corrected chi connectivity index (χ0v) is 6.79. The Kier molecular flexibility index (Phi) is 3.82. The monoisotopic (exact) mass is 274 g/mol. The van der Waals surface area contributed by atoms with Crippen molar-refractivity contribution in [3.8, 4) is 0 Å². The third kappa shape index (κ3) is 5.19. The van der Waals surface area contributed by atoms with Gasteiger partial charge in [0.15, 0.2) is 6.17 Å². The Hall–Kier alpha value is 0.380. The Labute approximate surface area is 67.9 Å². The Balaban J connectivity index is 3.68. The molecule has 0 amide bonds. The average molecular weight is 274 g/mol. The summed E-state index contributed by atoms with van der Waals surface area (Å²) >= 11 is 0.618. The molecule has 0 aliphatic carbocycles. The van der Waals surface area contributed by atoms with E-state index in [1.165, 1.54) is 0 Å². The molecule has 0 aliphatic rings. The third-order valence-corrected chi connectivity index (χ3v) is 1.14. The van der Waals surface area contributed by atoms with E-state index in [1.807, 2.05) is 0 Å². The maximum atomic E-state index is 11.8. The van der Waals surface area contributed by atoms with E-state index in [1.54, 1.807) is 0 Å². The van der Waals surface area contributed by atoms with Gasteiger partial charge in [0, 0.05) is 0 Å². The highest BCUT2D eigenvalue weighted by Crippen LogP contribution is 2.30. The second-order valence-corrected chi connectivity index (χ2v) is 3.25. The number of rotatable bonds is 3. The molecule has 0 rings (SSSR count). The fourth-order valence-electron chi connectivity index (χ4n) is 0.310. The van der Waals surface area contributed by atoms with Crippen molar-refractivity contribution < 1.29 is 22.0 Å². The predicted octanol–water partition coefficient (Wildman–Crippen LogP) is 3.01. The zero-order valence-electron chi connectivity index (χ0n) is 4.63. The quantitative estimate of drug-likeness (QED) is 0.421. The van der Waals surface area contributed by atoms with Crippen molar-refractivity contribution in [3.05, 3.63) is 0 Å². The molecule has 0 nitrogen and oxygen atoms in total. The lowest BCUT2D eigenvalue weighted by molar-refractivity contribution is 0.000663. The van der Waals surface area contributed by atoms with Gasteiger partial charge in [-0.25, -0.2) is 13.2 Å². The van der Waals surface area contributed by atoms with Gasteiger partial charge in [0.1, 0.15) is 0 Å². The van der Waals surface area contributed by atoms with Crippen molar-refractivity contribution in [2.45, 2.75) is 22.9 Å². The van der Waals surface area contributed by atoms with E-state index in [0.717, 1.165) is 0 Å². The normalized spacial score (nSPS) is 15.9. The molecule has 0 aliphatic heterocycles. The molecule has 0 bridgehead atoms. The van der Waals surface area contributed by atoms with Crippen LogP contribution in [0.15, 0.2) is 0 Å². The molecule has 1 atom stereocenters. The molecule has 0 aromatic rings. The summed E-state index contributed by atoms with van der Waals surface area (Å²) in [5, 5.41) is 0. The van der Waals surface area contributed by atoms with E-state index in [-0.39, 0.29) is 0 Å². The van der Waals surface area contributed by atoms with Crippen LogP contribution in [0.2, 0.25) is 0 Å². The number of alkyl halides is 6. The van der Waals surface area contributed by atoms with Gasteiger partial charge in [-0.15, -0.1) is 0 Å².